The van der Waals surface area contributed by atoms with Crippen molar-refractivity contribution in [3.05, 3.63) is 35.9 Å². The van der Waals surface area contributed by atoms with Crippen molar-refractivity contribution < 1.29 is 48.3 Å². The van der Waals surface area contributed by atoms with Crippen LogP contribution in [0.5, 0.6) is 0 Å². The average molecular weight is 932 g/mol. The number of nitrogens with one attached hydrogen (secondary N) is 9. The van der Waals surface area contributed by atoms with E-state index in [1.807, 2.05) is 13.8 Å². The highest BCUT2D eigenvalue weighted by Gasteiger charge is 2.35. The number of aliphatic hydroxyl groups excluding tert-OH is 1. The first-order valence-corrected chi connectivity index (χ1v) is 22.6. The van der Waals surface area contributed by atoms with Crippen LogP contribution in [-0.2, 0) is 49.6 Å². The molecular weight excluding hydrogens is 859 g/mol. The monoisotopic (exact) mass is 932 g/mol. The number of hydrogen-bond donors (Lipinski definition) is 14. The molecule has 9 amide bonds. The lowest BCUT2D eigenvalue weighted by molar-refractivity contribution is -0.136. The fourth-order valence-corrected chi connectivity index (χ4v) is 7.02. The second-order valence-electron chi connectivity index (χ2n) is 16.7. The summed E-state index contributed by atoms with van der Waals surface area (Å²) in [7, 11) is 0. The van der Waals surface area contributed by atoms with Crippen LogP contribution in [0, 0.1) is 5.92 Å². The van der Waals surface area contributed by atoms with Gasteiger partial charge in [-0.25, -0.2) is 0 Å². The van der Waals surface area contributed by atoms with Gasteiger partial charge >= 0.3 is 0 Å². The normalized spacial score (nSPS) is 24.3. The second-order valence-corrected chi connectivity index (χ2v) is 16.7. The van der Waals surface area contributed by atoms with E-state index in [4.69, 9.17) is 22.9 Å². The van der Waals surface area contributed by atoms with Gasteiger partial charge in [-0.3, -0.25) is 43.2 Å². The highest BCUT2D eigenvalue weighted by Crippen LogP contribution is 2.11. The van der Waals surface area contributed by atoms with Gasteiger partial charge in [0, 0.05) is 13.0 Å². The topological polar surface area (TPSA) is 386 Å². The fraction of sp³-hybridized carbons (Fsp3) is 0.651. The lowest BCUT2D eigenvalue weighted by Gasteiger charge is -2.28. The van der Waals surface area contributed by atoms with Crippen molar-refractivity contribution in [3.63, 3.8) is 0 Å². The van der Waals surface area contributed by atoms with Crippen LogP contribution >= 0.6 is 0 Å². The van der Waals surface area contributed by atoms with E-state index in [9.17, 15) is 48.3 Å². The largest absolute Gasteiger partial charge is 0.393 e. The number of amides is 9. The standard InChI is InChI=1S/C43H73N13O10/c1-5-27-36(59)48-20-15-32(54-37(60)28(11-16-44)49-35(58)22-25(4)57)41(64)52-31(14-19-47)40(63)56-34(23-26-9-7-6-8-10-26)43(66)55-33(21-24(2)3)42(65)53-30(13-18-46)39(62)51-29(12-17-45)38(61)50-27/h6-10,24-25,27-34,57H,5,11-23,44-47H2,1-4H3,(H,48,59)(H,49,58)(H,50,61)(H,51,62)(H,52,64)(H,53,65)(H,54,60)(H,55,66)(H,56,63)/t25-,27+,28+,29+,30+,31+,32+,33+,34-/m1/s1. The first-order valence-electron chi connectivity index (χ1n) is 22.6. The summed E-state index contributed by atoms with van der Waals surface area (Å²) < 4.78 is 0. The summed E-state index contributed by atoms with van der Waals surface area (Å²) in [5.74, 6) is -7.07. The number of rotatable bonds is 18. The molecular formula is C43H73N13O10. The predicted molar refractivity (Wildman–Crippen MR) is 244 cm³/mol. The maximum Gasteiger partial charge on any atom is 0.243 e. The minimum Gasteiger partial charge on any atom is -0.393 e. The average Bonchev–Trinajstić information content (AvgIpc) is 3.25. The van der Waals surface area contributed by atoms with Gasteiger partial charge < -0.3 is 75.9 Å². The van der Waals surface area contributed by atoms with Gasteiger partial charge in [-0.2, -0.15) is 0 Å². The van der Waals surface area contributed by atoms with Crippen LogP contribution in [0.2, 0.25) is 0 Å². The predicted octanol–water partition coefficient (Wildman–Crippen LogP) is -4.75. The van der Waals surface area contributed by atoms with Gasteiger partial charge in [0.2, 0.25) is 53.2 Å². The van der Waals surface area contributed by atoms with Gasteiger partial charge in [-0.05, 0) is 89.5 Å². The molecule has 0 unspecified atom stereocenters. The van der Waals surface area contributed by atoms with Crippen LogP contribution < -0.4 is 70.8 Å². The van der Waals surface area contributed by atoms with Crippen molar-refractivity contribution >= 4 is 53.2 Å². The molecule has 23 nitrogen and oxygen atoms in total. The van der Waals surface area contributed by atoms with E-state index in [2.05, 4.69) is 47.9 Å². The van der Waals surface area contributed by atoms with Crippen molar-refractivity contribution in [2.45, 2.75) is 140 Å². The number of carbonyl (C=O) groups is 9. The quantitative estimate of drug-likeness (QED) is 0.0658. The molecule has 0 aromatic heterocycles. The number of nitrogens with two attached hydrogens (primary N) is 4. The Morgan fingerprint density at radius 3 is 1.61 bits per heavy atom. The zero-order valence-electron chi connectivity index (χ0n) is 38.5. The summed E-state index contributed by atoms with van der Waals surface area (Å²) in [5.41, 5.74) is 23.9. The number of aliphatic hydroxyl groups is 1. The summed E-state index contributed by atoms with van der Waals surface area (Å²) >= 11 is 0. The Hall–Kier alpha value is -5.75. The first-order chi connectivity index (χ1) is 31.4. The molecule has 1 aromatic rings. The summed E-state index contributed by atoms with van der Waals surface area (Å²) in [6.07, 6.45) is -1.76. The summed E-state index contributed by atoms with van der Waals surface area (Å²) in [6, 6.07) is -1.56. The molecule has 370 valence electrons. The minimum absolute atomic E-state index is 0.0452. The van der Waals surface area contributed by atoms with Crippen molar-refractivity contribution in [1.29, 1.82) is 0 Å². The SMILES string of the molecule is CC[C@@H]1NC(=O)[C@H](CCN)NC(=O)[C@H](CCN)NC(=O)[C@H](CC(C)C)NC(=O)[C@@H](Cc2ccccc2)NC(=O)[C@H](CCN)NC(=O)[C@@H](NC(=O)[C@H](CCN)NC(=O)C[C@@H](C)O)CCNC1=O. The first kappa shape index (κ1) is 56.4. The van der Waals surface area contributed by atoms with Crippen molar-refractivity contribution in [1.82, 2.24) is 47.9 Å². The Morgan fingerprint density at radius 1 is 0.652 bits per heavy atom. The van der Waals surface area contributed by atoms with Crippen LogP contribution in [0.1, 0.15) is 84.6 Å². The van der Waals surface area contributed by atoms with E-state index in [0.717, 1.165) is 0 Å². The number of carbonyl (C=O) groups excluding carboxylic acids is 9. The molecule has 1 heterocycles. The Labute approximate surface area is 385 Å². The molecule has 1 fully saturated rings. The zero-order valence-corrected chi connectivity index (χ0v) is 38.5. The van der Waals surface area contributed by atoms with E-state index in [0.29, 0.717) is 5.56 Å². The Kier molecular flexibility index (Phi) is 25.4. The van der Waals surface area contributed by atoms with Crippen molar-refractivity contribution in [2.75, 3.05) is 32.7 Å². The van der Waals surface area contributed by atoms with E-state index < -0.39 is 108 Å². The van der Waals surface area contributed by atoms with Gasteiger partial charge in [-0.1, -0.05) is 51.1 Å². The van der Waals surface area contributed by atoms with Crippen LogP contribution in [0.25, 0.3) is 0 Å². The van der Waals surface area contributed by atoms with E-state index in [-0.39, 0.29) is 96.4 Å². The van der Waals surface area contributed by atoms with E-state index in [1.54, 1.807) is 37.3 Å². The molecule has 1 aliphatic heterocycles. The van der Waals surface area contributed by atoms with Crippen LogP contribution in [0.4, 0.5) is 0 Å². The van der Waals surface area contributed by atoms with Crippen LogP contribution in [0.15, 0.2) is 30.3 Å². The van der Waals surface area contributed by atoms with E-state index >= 15 is 0 Å². The minimum atomic E-state index is -1.46. The smallest absolute Gasteiger partial charge is 0.243 e. The molecule has 2 rings (SSSR count). The summed E-state index contributed by atoms with van der Waals surface area (Å²) in [4.78, 5) is 124. The molecule has 0 aliphatic carbocycles. The lowest BCUT2D eigenvalue weighted by Crippen LogP contribution is -2.61. The maximum absolute atomic E-state index is 14.2. The molecule has 0 bridgehead atoms. The zero-order chi connectivity index (χ0) is 49.3. The number of hydrogen-bond acceptors (Lipinski definition) is 14. The molecule has 0 saturated carbocycles. The van der Waals surface area contributed by atoms with Crippen LogP contribution in [-0.4, -0.2) is 145 Å². The highest BCUT2D eigenvalue weighted by molar-refractivity contribution is 5.98. The number of benzene rings is 1. The third-order valence-electron chi connectivity index (χ3n) is 10.5. The van der Waals surface area contributed by atoms with Gasteiger partial charge in [0.25, 0.3) is 0 Å². The van der Waals surface area contributed by atoms with Gasteiger partial charge in [0.05, 0.1) is 12.5 Å². The third kappa shape index (κ3) is 19.8. The van der Waals surface area contributed by atoms with Crippen molar-refractivity contribution in [3.8, 4) is 0 Å². The highest BCUT2D eigenvalue weighted by atomic mass is 16.3. The van der Waals surface area contributed by atoms with Crippen LogP contribution in [0.3, 0.4) is 0 Å². The molecule has 18 N–H and O–H groups in total. The molecule has 1 aromatic carbocycles. The summed E-state index contributed by atoms with van der Waals surface area (Å²) in [6.45, 7) is 6.14. The molecule has 23 heteroatoms. The Balaban J connectivity index is 2.70. The van der Waals surface area contributed by atoms with Gasteiger partial charge in [0.15, 0.2) is 0 Å². The molecule has 9 atom stereocenters. The van der Waals surface area contributed by atoms with Crippen molar-refractivity contribution in [2.24, 2.45) is 28.9 Å². The second kappa shape index (κ2) is 29.7. The Bertz CT molecular complexity index is 1770. The molecule has 0 spiro atoms. The fourth-order valence-electron chi connectivity index (χ4n) is 7.02. The molecule has 1 saturated heterocycles. The third-order valence-corrected chi connectivity index (χ3v) is 10.5. The Morgan fingerprint density at radius 2 is 1.12 bits per heavy atom. The molecule has 66 heavy (non-hydrogen) atoms. The lowest BCUT2D eigenvalue weighted by atomic mass is 10.00. The molecule has 0 radical (unpaired) electrons. The van der Waals surface area contributed by atoms with Gasteiger partial charge in [-0.15, -0.1) is 0 Å². The van der Waals surface area contributed by atoms with E-state index in [1.165, 1.54) is 6.92 Å². The maximum atomic E-state index is 14.2. The summed E-state index contributed by atoms with van der Waals surface area (Å²) in [5, 5.41) is 33.3. The molecule has 1 aliphatic rings. The van der Waals surface area contributed by atoms with Gasteiger partial charge in [0.1, 0.15) is 48.3 Å².